The zero-order chi connectivity index (χ0) is 24.9. The van der Waals surface area contributed by atoms with E-state index < -0.39 is 11.7 Å². The molecule has 2 amide bonds. The fraction of sp³-hybridized carbons (Fsp3) is 0.520. The van der Waals surface area contributed by atoms with Gasteiger partial charge in [-0.2, -0.15) is 0 Å². The van der Waals surface area contributed by atoms with Crippen molar-refractivity contribution in [3.05, 3.63) is 47.0 Å². The lowest BCUT2D eigenvalue weighted by atomic mass is 9.90. The summed E-state index contributed by atoms with van der Waals surface area (Å²) in [5.41, 5.74) is 5.36. The van der Waals surface area contributed by atoms with Gasteiger partial charge in [0.15, 0.2) is 0 Å². The SMILES string of the molecule is CN(CC(N)=O)C(=O)Cc1ccc(OCC[C@@H]2CC2C2CCN(c3ncc(Cl)cn3)CC2)cc1F. The van der Waals surface area contributed by atoms with Crippen LogP contribution in [0.2, 0.25) is 5.02 Å². The number of likely N-dealkylation sites (N-methyl/N-ethyl adjacent to an activating group) is 1. The lowest BCUT2D eigenvalue weighted by Gasteiger charge is -2.32. The Morgan fingerprint density at radius 1 is 1.26 bits per heavy atom. The third-order valence-electron chi connectivity index (χ3n) is 6.95. The molecular formula is C25H31ClFN5O3. The van der Waals surface area contributed by atoms with Crippen molar-refractivity contribution >= 4 is 29.4 Å². The molecule has 2 fully saturated rings. The van der Waals surface area contributed by atoms with Gasteiger partial charge in [-0.25, -0.2) is 14.4 Å². The average molecular weight is 504 g/mol. The first-order valence-electron chi connectivity index (χ1n) is 12.0. The van der Waals surface area contributed by atoms with Crippen molar-refractivity contribution in [1.29, 1.82) is 0 Å². The lowest BCUT2D eigenvalue weighted by Crippen LogP contribution is -2.36. The van der Waals surface area contributed by atoms with Crippen LogP contribution in [-0.2, 0) is 16.0 Å². The molecule has 1 aliphatic carbocycles. The van der Waals surface area contributed by atoms with Crippen LogP contribution < -0.4 is 15.4 Å². The van der Waals surface area contributed by atoms with Crippen LogP contribution in [0.4, 0.5) is 10.3 Å². The summed E-state index contributed by atoms with van der Waals surface area (Å²) in [5, 5.41) is 0.547. The van der Waals surface area contributed by atoms with Crippen molar-refractivity contribution in [1.82, 2.24) is 14.9 Å². The van der Waals surface area contributed by atoms with Crippen LogP contribution in [0.25, 0.3) is 0 Å². The summed E-state index contributed by atoms with van der Waals surface area (Å²) >= 11 is 5.88. The van der Waals surface area contributed by atoms with Crippen molar-refractivity contribution in [2.75, 3.05) is 38.2 Å². The molecule has 2 atom stereocenters. The third-order valence-corrected chi connectivity index (χ3v) is 7.15. The van der Waals surface area contributed by atoms with Crippen molar-refractivity contribution in [2.45, 2.75) is 32.1 Å². The average Bonchev–Trinajstić information content (AvgIpc) is 3.60. The molecule has 1 saturated carbocycles. The number of benzene rings is 1. The monoisotopic (exact) mass is 503 g/mol. The van der Waals surface area contributed by atoms with Crippen molar-refractivity contribution in [2.24, 2.45) is 23.5 Å². The molecule has 0 radical (unpaired) electrons. The molecule has 1 aliphatic heterocycles. The Labute approximate surface area is 209 Å². The predicted octanol–water partition coefficient (Wildman–Crippen LogP) is 3.08. The first kappa shape index (κ1) is 25.2. The summed E-state index contributed by atoms with van der Waals surface area (Å²) in [4.78, 5) is 35.1. The van der Waals surface area contributed by atoms with E-state index in [1.54, 1.807) is 24.5 Å². The second-order valence-corrected chi connectivity index (χ2v) is 9.91. The molecule has 2 aromatic rings. The van der Waals surface area contributed by atoms with Crippen LogP contribution in [0.3, 0.4) is 0 Å². The fourth-order valence-corrected chi connectivity index (χ4v) is 4.98. The molecule has 1 saturated heterocycles. The zero-order valence-corrected chi connectivity index (χ0v) is 20.6. The van der Waals surface area contributed by atoms with Crippen molar-refractivity contribution in [3.8, 4) is 5.75 Å². The van der Waals surface area contributed by atoms with Crippen molar-refractivity contribution < 1.29 is 18.7 Å². The van der Waals surface area contributed by atoms with Gasteiger partial charge in [-0.05, 0) is 55.1 Å². The Morgan fingerprint density at radius 2 is 1.97 bits per heavy atom. The van der Waals surface area contributed by atoms with Gasteiger partial charge in [-0.15, -0.1) is 0 Å². The first-order valence-corrected chi connectivity index (χ1v) is 12.3. The maximum absolute atomic E-state index is 14.5. The highest BCUT2D eigenvalue weighted by molar-refractivity contribution is 6.30. The van der Waals surface area contributed by atoms with E-state index in [1.165, 1.54) is 24.4 Å². The quantitative estimate of drug-likeness (QED) is 0.534. The molecule has 10 heteroatoms. The Hall–Kier alpha value is -2.94. The largest absolute Gasteiger partial charge is 0.493 e. The van der Waals surface area contributed by atoms with Gasteiger partial charge in [-0.3, -0.25) is 9.59 Å². The Balaban J connectivity index is 1.17. The highest BCUT2D eigenvalue weighted by Gasteiger charge is 2.43. The first-order chi connectivity index (χ1) is 16.8. The summed E-state index contributed by atoms with van der Waals surface area (Å²) in [6.45, 7) is 2.26. The third kappa shape index (κ3) is 6.81. The predicted molar refractivity (Wildman–Crippen MR) is 131 cm³/mol. The minimum absolute atomic E-state index is 0.136. The molecule has 1 unspecified atom stereocenters. The number of carbonyl (C=O) groups is 2. The molecule has 2 aliphatic rings. The van der Waals surface area contributed by atoms with E-state index in [2.05, 4.69) is 14.9 Å². The van der Waals surface area contributed by atoms with E-state index in [9.17, 15) is 14.0 Å². The molecular weight excluding hydrogens is 473 g/mol. The van der Waals surface area contributed by atoms with Crippen molar-refractivity contribution in [3.63, 3.8) is 0 Å². The number of hydrogen-bond acceptors (Lipinski definition) is 6. The normalized spacial score (nSPS) is 19.9. The lowest BCUT2D eigenvalue weighted by molar-refractivity contribution is -0.133. The number of piperidine rings is 1. The molecule has 0 bridgehead atoms. The molecule has 188 valence electrons. The number of halogens is 2. The van der Waals surface area contributed by atoms with Gasteiger partial charge in [-0.1, -0.05) is 17.7 Å². The van der Waals surface area contributed by atoms with Gasteiger partial charge in [0.1, 0.15) is 11.6 Å². The highest BCUT2D eigenvalue weighted by atomic mass is 35.5. The standard InChI is InChI=1S/C25H31ClFN5O3/c1-31(15-23(28)33)24(34)11-18-2-3-20(12-22(18)27)35-9-6-17-10-21(17)16-4-7-32(8-5-16)25-29-13-19(26)14-30-25/h2-3,12-14,16-17,21H,4-11,15H2,1H3,(H2,28,33)/t17-,21?/m1/s1. The van der Waals surface area contributed by atoms with Crippen LogP contribution in [0.5, 0.6) is 5.75 Å². The van der Waals surface area contributed by atoms with E-state index >= 15 is 0 Å². The van der Waals surface area contributed by atoms with Crippen LogP contribution in [-0.4, -0.2) is 60.0 Å². The van der Waals surface area contributed by atoms with Gasteiger partial charge in [0.2, 0.25) is 17.8 Å². The number of anilines is 1. The van der Waals surface area contributed by atoms with E-state index in [0.29, 0.717) is 29.2 Å². The van der Waals surface area contributed by atoms with E-state index in [-0.39, 0.29) is 24.4 Å². The number of nitrogens with zero attached hydrogens (tertiary/aromatic N) is 4. The van der Waals surface area contributed by atoms with Gasteiger partial charge >= 0.3 is 0 Å². The van der Waals surface area contributed by atoms with Crippen LogP contribution >= 0.6 is 11.6 Å². The maximum atomic E-state index is 14.5. The Kier molecular flexibility index (Phi) is 8.05. The second-order valence-electron chi connectivity index (χ2n) is 9.47. The van der Waals surface area contributed by atoms with Crippen LogP contribution in [0, 0.1) is 23.6 Å². The molecule has 8 nitrogen and oxygen atoms in total. The van der Waals surface area contributed by atoms with E-state index in [4.69, 9.17) is 22.1 Å². The molecule has 0 spiro atoms. The zero-order valence-electron chi connectivity index (χ0n) is 19.8. The number of rotatable bonds is 10. The molecule has 2 N–H and O–H groups in total. The summed E-state index contributed by atoms with van der Waals surface area (Å²) in [6, 6.07) is 4.55. The number of hydrogen-bond donors (Lipinski definition) is 1. The minimum Gasteiger partial charge on any atom is -0.493 e. The number of ether oxygens (including phenoxy) is 1. The summed E-state index contributed by atoms with van der Waals surface area (Å²) in [6.07, 6.45) is 7.57. The second kappa shape index (κ2) is 11.2. The number of amides is 2. The van der Waals surface area contributed by atoms with Gasteiger partial charge in [0, 0.05) is 26.2 Å². The molecule has 2 heterocycles. The number of primary amides is 1. The fourth-order valence-electron chi connectivity index (χ4n) is 4.89. The summed E-state index contributed by atoms with van der Waals surface area (Å²) in [5.74, 6) is 1.82. The van der Waals surface area contributed by atoms with E-state index in [1.807, 2.05) is 0 Å². The van der Waals surface area contributed by atoms with Crippen LogP contribution in [0.15, 0.2) is 30.6 Å². The minimum atomic E-state index is -0.610. The van der Waals surface area contributed by atoms with Gasteiger partial charge in [0.05, 0.1) is 37.0 Å². The molecule has 4 rings (SSSR count). The molecule has 1 aromatic carbocycles. The Morgan fingerprint density at radius 3 is 2.63 bits per heavy atom. The van der Waals surface area contributed by atoms with Gasteiger partial charge in [0.25, 0.3) is 0 Å². The maximum Gasteiger partial charge on any atom is 0.237 e. The van der Waals surface area contributed by atoms with Gasteiger partial charge < -0.3 is 20.3 Å². The molecule has 35 heavy (non-hydrogen) atoms. The number of aromatic nitrogens is 2. The topological polar surface area (TPSA) is 102 Å². The summed E-state index contributed by atoms with van der Waals surface area (Å²) in [7, 11) is 1.46. The molecule has 1 aromatic heterocycles. The highest BCUT2D eigenvalue weighted by Crippen LogP contribution is 2.49. The van der Waals surface area contributed by atoms with E-state index in [0.717, 1.165) is 44.2 Å². The number of carbonyl (C=O) groups excluding carboxylic acids is 2. The number of nitrogens with two attached hydrogens (primary N) is 1. The summed E-state index contributed by atoms with van der Waals surface area (Å²) < 4.78 is 20.2. The smallest absolute Gasteiger partial charge is 0.237 e. The Bertz CT molecular complexity index is 1050. The van der Waals surface area contributed by atoms with Crippen LogP contribution in [0.1, 0.15) is 31.2 Å².